The third-order valence-electron chi connectivity index (χ3n) is 4.79. The van der Waals surface area contributed by atoms with E-state index >= 15 is 0 Å². The number of nitrogens with zero attached hydrogens (tertiary/aromatic N) is 3. The Bertz CT molecular complexity index is 879. The van der Waals surface area contributed by atoms with Crippen molar-refractivity contribution in [2.45, 2.75) is 39.2 Å². The Morgan fingerprint density at radius 2 is 1.88 bits per heavy atom. The zero-order valence-corrected chi connectivity index (χ0v) is 16.5. The third-order valence-corrected chi connectivity index (χ3v) is 6.54. The number of sulfone groups is 1. The summed E-state index contributed by atoms with van der Waals surface area (Å²) in [6, 6.07) is 10.1. The van der Waals surface area contributed by atoms with Gasteiger partial charge in [-0.25, -0.2) is 13.4 Å². The average molecular weight is 375 g/mol. The highest BCUT2D eigenvalue weighted by Gasteiger charge is 2.31. The molecule has 3 rings (SSSR count). The molecule has 0 aliphatic carbocycles. The van der Waals surface area contributed by atoms with Crippen LogP contribution < -0.4 is 10.2 Å². The van der Waals surface area contributed by atoms with Gasteiger partial charge < -0.3 is 10.2 Å². The lowest BCUT2D eigenvalue weighted by molar-refractivity contribution is 0.600. The van der Waals surface area contributed by atoms with Crippen LogP contribution in [0.4, 0.5) is 17.5 Å². The van der Waals surface area contributed by atoms with E-state index in [1.807, 2.05) is 37.1 Å². The third kappa shape index (κ3) is 4.33. The fraction of sp³-hybridized carbons (Fsp3) is 0.474. The predicted molar refractivity (Wildman–Crippen MR) is 106 cm³/mol. The molecule has 2 aromatic rings. The number of hydrogen-bond donors (Lipinski definition) is 1. The molecule has 0 saturated carbocycles. The lowest BCUT2D eigenvalue weighted by atomic mass is 10.0. The van der Waals surface area contributed by atoms with Gasteiger partial charge in [0.25, 0.3) is 0 Å². The molecule has 140 valence electrons. The Labute approximate surface area is 155 Å². The molecule has 1 unspecified atom stereocenters. The molecular formula is C19H26N4O2S. The Hall–Kier alpha value is -2.15. The molecule has 6 nitrogen and oxygen atoms in total. The number of benzene rings is 1. The summed E-state index contributed by atoms with van der Waals surface area (Å²) in [6.07, 6.45) is 0.640. The molecule has 0 spiro atoms. The van der Waals surface area contributed by atoms with E-state index in [0.717, 1.165) is 17.2 Å². The summed E-state index contributed by atoms with van der Waals surface area (Å²) in [5, 5.41) is 3.25. The van der Waals surface area contributed by atoms with Gasteiger partial charge in [0, 0.05) is 30.5 Å². The van der Waals surface area contributed by atoms with E-state index in [9.17, 15) is 8.42 Å². The van der Waals surface area contributed by atoms with E-state index in [1.54, 1.807) is 0 Å². The van der Waals surface area contributed by atoms with Crippen LogP contribution in [0.25, 0.3) is 0 Å². The van der Waals surface area contributed by atoms with Crippen LogP contribution in [-0.4, -0.2) is 43.0 Å². The van der Waals surface area contributed by atoms with Gasteiger partial charge in [-0.05, 0) is 37.0 Å². The Morgan fingerprint density at radius 1 is 1.19 bits per heavy atom. The Kier molecular flexibility index (Phi) is 5.18. The molecule has 0 bridgehead atoms. The number of nitrogens with one attached hydrogen (secondary N) is 1. The summed E-state index contributed by atoms with van der Waals surface area (Å²) < 4.78 is 23.5. The summed E-state index contributed by atoms with van der Waals surface area (Å²) in [5.41, 5.74) is 3.05. The highest BCUT2D eigenvalue weighted by molar-refractivity contribution is 7.91. The van der Waals surface area contributed by atoms with Crippen molar-refractivity contribution in [2.75, 3.05) is 28.8 Å². The maximum atomic E-state index is 11.8. The van der Waals surface area contributed by atoms with Crippen molar-refractivity contribution in [3.63, 3.8) is 0 Å². The molecule has 26 heavy (non-hydrogen) atoms. The standard InChI is InChI=1S/C19H26N4O2S/c1-13(2)15-5-7-16(8-6-15)21-19-20-14(3)11-18(22-19)23(4)17-9-10-26(24,25)12-17/h5-8,11,13,17H,9-10,12H2,1-4H3,(H,20,21,22). The molecule has 1 saturated heterocycles. The normalized spacial score (nSPS) is 18.9. The number of hydrogen-bond acceptors (Lipinski definition) is 6. The van der Waals surface area contributed by atoms with E-state index in [0.29, 0.717) is 18.3 Å². The fourth-order valence-electron chi connectivity index (χ4n) is 3.14. The quantitative estimate of drug-likeness (QED) is 0.866. The molecular weight excluding hydrogens is 348 g/mol. The summed E-state index contributed by atoms with van der Waals surface area (Å²) in [7, 11) is -1.03. The first kappa shape index (κ1) is 18.6. The predicted octanol–water partition coefficient (Wildman–Crippen LogP) is 3.28. The van der Waals surface area contributed by atoms with Crippen LogP contribution >= 0.6 is 0 Å². The van der Waals surface area contributed by atoms with Gasteiger partial charge in [-0.2, -0.15) is 4.98 Å². The van der Waals surface area contributed by atoms with Crippen molar-refractivity contribution in [3.8, 4) is 0 Å². The molecule has 1 aromatic carbocycles. The van der Waals surface area contributed by atoms with Crippen LogP contribution in [0, 0.1) is 6.92 Å². The van der Waals surface area contributed by atoms with Crippen molar-refractivity contribution in [1.82, 2.24) is 9.97 Å². The summed E-state index contributed by atoms with van der Waals surface area (Å²) in [6.45, 7) is 6.24. The minimum Gasteiger partial charge on any atom is -0.355 e. The summed E-state index contributed by atoms with van der Waals surface area (Å²) >= 11 is 0. The highest BCUT2D eigenvalue weighted by Crippen LogP contribution is 2.24. The van der Waals surface area contributed by atoms with Crippen molar-refractivity contribution >= 4 is 27.3 Å². The van der Waals surface area contributed by atoms with E-state index in [1.165, 1.54) is 5.56 Å². The second kappa shape index (κ2) is 7.23. The van der Waals surface area contributed by atoms with Crippen molar-refractivity contribution in [2.24, 2.45) is 0 Å². The zero-order valence-electron chi connectivity index (χ0n) is 15.7. The molecule has 1 atom stereocenters. The van der Waals surface area contributed by atoms with E-state index < -0.39 is 9.84 Å². The summed E-state index contributed by atoms with van der Waals surface area (Å²) in [4.78, 5) is 11.0. The van der Waals surface area contributed by atoms with Gasteiger partial charge in [0.2, 0.25) is 5.95 Å². The van der Waals surface area contributed by atoms with E-state index in [4.69, 9.17) is 0 Å². The van der Waals surface area contributed by atoms with Crippen molar-refractivity contribution < 1.29 is 8.42 Å². The van der Waals surface area contributed by atoms with Crippen LogP contribution in [-0.2, 0) is 9.84 Å². The zero-order chi connectivity index (χ0) is 18.9. The highest BCUT2D eigenvalue weighted by atomic mass is 32.2. The lowest BCUT2D eigenvalue weighted by Crippen LogP contribution is -2.33. The monoisotopic (exact) mass is 374 g/mol. The first-order chi connectivity index (χ1) is 12.2. The maximum Gasteiger partial charge on any atom is 0.229 e. The van der Waals surface area contributed by atoms with Gasteiger partial charge >= 0.3 is 0 Å². The molecule has 1 aromatic heterocycles. The number of rotatable bonds is 5. The first-order valence-electron chi connectivity index (χ1n) is 8.89. The largest absolute Gasteiger partial charge is 0.355 e. The van der Waals surface area contributed by atoms with Gasteiger partial charge in [-0.3, -0.25) is 0 Å². The SMILES string of the molecule is Cc1cc(N(C)C2CCS(=O)(=O)C2)nc(Nc2ccc(C(C)C)cc2)n1. The topological polar surface area (TPSA) is 75.2 Å². The molecule has 1 aliphatic heterocycles. The number of aromatic nitrogens is 2. The molecule has 1 fully saturated rings. The molecule has 1 N–H and O–H groups in total. The first-order valence-corrected chi connectivity index (χ1v) is 10.7. The number of anilines is 3. The van der Waals surface area contributed by atoms with Crippen molar-refractivity contribution in [3.05, 3.63) is 41.6 Å². The van der Waals surface area contributed by atoms with Crippen LogP contribution in [0.3, 0.4) is 0 Å². The van der Waals surface area contributed by atoms with E-state index in [-0.39, 0.29) is 17.5 Å². The van der Waals surface area contributed by atoms with Gasteiger partial charge in [-0.1, -0.05) is 26.0 Å². The van der Waals surface area contributed by atoms with Crippen molar-refractivity contribution in [1.29, 1.82) is 0 Å². The molecule has 0 amide bonds. The van der Waals surface area contributed by atoms with E-state index in [2.05, 4.69) is 41.3 Å². The van der Waals surface area contributed by atoms with Crippen LogP contribution in [0.5, 0.6) is 0 Å². The minimum atomic E-state index is -2.93. The van der Waals surface area contributed by atoms with Gasteiger partial charge in [0.15, 0.2) is 9.84 Å². The maximum absolute atomic E-state index is 11.8. The fourth-order valence-corrected chi connectivity index (χ4v) is 4.91. The molecule has 0 radical (unpaired) electrons. The smallest absolute Gasteiger partial charge is 0.229 e. The molecule has 2 heterocycles. The second-order valence-corrected chi connectivity index (χ2v) is 9.49. The second-order valence-electron chi connectivity index (χ2n) is 7.26. The van der Waals surface area contributed by atoms with Crippen LogP contribution in [0.2, 0.25) is 0 Å². The number of aryl methyl sites for hydroxylation is 1. The van der Waals surface area contributed by atoms with Crippen LogP contribution in [0.1, 0.15) is 37.4 Å². The summed E-state index contributed by atoms with van der Waals surface area (Å²) in [5.74, 6) is 2.18. The van der Waals surface area contributed by atoms with Crippen LogP contribution in [0.15, 0.2) is 30.3 Å². The van der Waals surface area contributed by atoms with Gasteiger partial charge in [0.1, 0.15) is 5.82 Å². The Morgan fingerprint density at radius 3 is 2.46 bits per heavy atom. The molecule has 1 aliphatic rings. The van der Waals surface area contributed by atoms with Gasteiger partial charge in [-0.15, -0.1) is 0 Å². The Balaban J connectivity index is 1.79. The lowest BCUT2D eigenvalue weighted by Gasteiger charge is -2.25. The minimum absolute atomic E-state index is 0.0347. The average Bonchev–Trinajstić information content (AvgIpc) is 2.94. The molecule has 7 heteroatoms. The van der Waals surface area contributed by atoms with Gasteiger partial charge in [0.05, 0.1) is 11.5 Å².